The zero-order valence-corrected chi connectivity index (χ0v) is 16.8. The topological polar surface area (TPSA) is 71.8 Å². The minimum atomic E-state index is -4.42. The summed E-state index contributed by atoms with van der Waals surface area (Å²) in [5.74, 6) is 1.17. The molecule has 12 heteroatoms. The molecule has 0 amide bonds. The molecule has 0 aromatic carbocycles. The molecule has 5 rings (SSSR count). The Kier molecular flexibility index (Phi) is 5.09. The van der Waals surface area contributed by atoms with Crippen molar-refractivity contribution < 1.29 is 22.0 Å². The summed E-state index contributed by atoms with van der Waals surface area (Å²) in [5.41, 5.74) is 0.496. The van der Waals surface area contributed by atoms with Gasteiger partial charge >= 0.3 is 6.18 Å². The van der Waals surface area contributed by atoms with E-state index in [1.807, 2.05) is 4.90 Å². The first-order valence-electron chi connectivity index (χ1n) is 10.3. The average Bonchev–Trinajstić information content (AvgIpc) is 3.41. The highest BCUT2D eigenvalue weighted by Gasteiger charge is 2.41. The van der Waals surface area contributed by atoms with Crippen molar-refractivity contribution in [3.8, 4) is 0 Å². The van der Waals surface area contributed by atoms with Crippen LogP contribution in [0.5, 0.6) is 0 Å². The molecule has 1 unspecified atom stereocenters. The molecule has 1 aliphatic heterocycles. The highest BCUT2D eigenvalue weighted by molar-refractivity contribution is 5.71. The monoisotopic (exact) mass is 453 g/mol. The van der Waals surface area contributed by atoms with E-state index in [-0.39, 0.29) is 6.04 Å². The molecule has 4 heterocycles. The van der Waals surface area contributed by atoms with Gasteiger partial charge in [-0.1, -0.05) is 0 Å². The van der Waals surface area contributed by atoms with Gasteiger partial charge in [0.2, 0.25) is 0 Å². The lowest BCUT2D eigenvalue weighted by Crippen LogP contribution is -2.25. The summed E-state index contributed by atoms with van der Waals surface area (Å²) < 4.78 is 65.6. The number of pyridine rings is 1. The highest BCUT2D eigenvalue weighted by Crippen LogP contribution is 2.41. The Labute approximate surface area is 179 Å². The number of fused-ring (bicyclic) bond motifs is 2. The van der Waals surface area contributed by atoms with Crippen molar-refractivity contribution in [3.63, 3.8) is 0 Å². The molecule has 2 aliphatic rings. The summed E-state index contributed by atoms with van der Waals surface area (Å²) in [6.45, 7) is 0.783. The third-order valence-corrected chi connectivity index (χ3v) is 6.18. The number of nitrogens with zero attached hydrogens (tertiary/aromatic N) is 6. The molecule has 32 heavy (non-hydrogen) atoms. The third-order valence-electron chi connectivity index (χ3n) is 6.18. The van der Waals surface area contributed by atoms with Gasteiger partial charge in [0.1, 0.15) is 17.9 Å². The number of hydrogen-bond acceptors (Lipinski definition) is 6. The maximum Gasteiger partial charge on any atom is 0.417 e. The van der Waals surface area contributed by atoms with Gasteiger partial charge < -0.3 is 10.2 Å². The van der Waals surface area contributed by atoms with E-state index >= 15 is 0 Å². The van der Waals surface area contributed by atoms with Gasteiger partial charge in [-0.25, -0.2) is 23.4 Å². The predicted molar refractivity (Wildman–Crippen MR) is 106 cm³/mol. The van der Waals surface area contributed by atoms with Crippen LogP contribution in [0.15, 0.2) is 30.9 Å². The van der Waals surface area contributed by atoms with Crippen molar-refractivity contribution in [2.45, 2.75) is 38.0 Å². The normalized spacial score (nSPS) is 23.3. The minimum absolute atomic E-state index is 0.130. The molecule has 170 valence electrons. The molecule has 1 saturated carbocycles. The molecule has 0 spiro atoms. The Morgan fingerprint density at radius 2 is 1.81 bits per heavy atom. The molecule has 1 N–H and O–H groups in total. The zero-order valence-electron chi connectivity index (χ0n) is 16.8. The molecular formula is C20H20F5N7. The molecule has 1 aliphatic carbocycles. The van der Waals surface area contributed by atoms with E-state index in [2.05, 4.69) is 25.4 Å². The maximum atomic E-state index is 13.0. The summed E-state index contributed by atoms with van der Waals surface area (Å²) in [5, 5.41) is 7.25. The number of aromatic nitrogens is 5. The van der Waals surface area contributed by atoms with Crippen molar-refractivity contribution in [2.24, 2.45) is 11.8 Å². The van der Waals surface area contributed by atoms with Crippen LogP contribution in [0.25, 0.3) is 11.2 Å². The Balaban J connectivity index is 1.23. The fraction of sp³-hybridized carbons (Fsp3) is 0.500. The molecule has 7 nitrogen and oxygen atoms in total. The van der Waals surface area contributed by atoms with Gasteiger partial charge in [-0.3, -0.25) is 4.98 Å². The molecule has 2 fully saturated rings. The Morgan fingerprint density at radius 3 is 2.50 bits per heavy atom. The van der Waals surface area contributed by atoms with Crippen molar-refractivity contribution >= 4 is 22.7 Å². The van der Waals surface area contributed by atoms with Crippen molar-refractivity contribution in [1.29, 1.82) is 0 Å². The second-order valence-corrected chi connectivity index (χ2v) is 8.35. The van der Waals surface area contributed by atoms with Crippen LogP contribution >= 0.6 is 0 Å². The Morgan fingerprint density at radius 1 is 1.06 bits per heavy atom. The summed E-state index contributed by atoms with van der Waals surface area (Å²) in [7, 11) is 0. The lowest BCUT2D eigenvalue weighted by Gasteiger charge is -2.22. The maximum absolute atomic E-state index is 13.0. The van der Waals surface area contributed by atoms with E-state index in [4.69, 9.17) is 0 Å². The number of rotatable bonds is 5. The molecule has 3 aromatic rings. The highest BCUT2D eigenvalue weighted by atomic mass is 19.4. The first kappa shape index (κ1) is 20.8. The van der Waals surface area contributed by atoms with Crippen LogP contribution in [-0.2, 0) is 12.7 Å². The smallest absolute Gasteiger partial charge is 0.370 e. The van der Waals surface area contributed by atoms with Crippen LogP contribution < -0.4 is 10.2 Å². The molecule has 3 aromatic heterocycles. The van der Waals surface area contributed by atoms with Crippen molar-refractivity contribution in [3.05, 3.63) is 36.4 Å². The van der Waals surface area contributed by atoms with Gasteiger partial charge in [-0.15, -0.1) is 0 Å². The number of hydrogen-bond donors (Lipinski definition) is 1. The van der Waals surface area contributed by atoms with Crippen LogP contribution in [0, 0.1) is 11.8 Å². The number of nitrogens with one attached hydrogen (secondary N) is 1. The average molecular weight is 453 g/mol. The molecule has 0 bridgehead atoms. The minimum Gasteiger partial charge on any atom is -0.370 e. The van der Waals surface area contributed by atoms with Gasteiger partial charge in [0.15, 0.2) is 5.65 Å². The standard InChI is InChI=1S/C20H20F5N7/c21-17(22)10-32-19-16(6-28-32)27-7-18(30-19)29-14-1-11-8-31(9-12(11)2-14)15-3-13(4-26-5-15)20(23,24)25/h3-7,11-12,14,17H,1-2,8-10H2,(H,29,30)/t11-,12+,14?. The second-order valence-electron chi connectivity index (χ2n) is 8.35. The summed E-state index contributed by atoms with van der Waals surface area (Å²) in [6, 6.07) is 1.28. The molecule has 1 saturated heterocycles. The van der Waals surface area contributed by atoms with Gasteiger partial charge in [0.25, 0.3) is 6.43 Å². The largest absolute Gasteiger partial charge is 0.417 e. The van der Waals surface area contributed by atoms with E-state index in [1.54, 1.807) is 6.20 Å². The Hall–Kier alpha value is -3.05. The van der Waals surface area contributed by atoms with E-state index in [0.717, 1.165) is 29.8 Å². The third kappa shape index (κ3) is 4.05. The van der Waals surface area contributed by atoms with Gasteiger partial charge in [-0.05, 0) is 30.7 Å². The van der Waals surface area contributed by atoms with Crippen molar-refractivity contribution in [1.82, 2.24) is 24.7 Å². The van der Waals surface area contributed by atoms with Gasteiger partial charge in [0.05, 0.1) is 29.8 Å². The second kappa shape index (κ2) is 7.82. The van der Waals surface area contributed by atoms with E-state index in [1.165, 1.54) is 12.4 Å². The number of anilines is 2. The summed E-state index contributed by atoms with van der Waals surface area (Å²) in [6.07, 6.45) is -0.00376. The zero-order chi connectivity index (χ0) is 22.5. The van der Waals surface area contributed by atoms with E-state index in [9.17, 15) is 22.0 Å². The van der Waals surface area contributed by atoms with Crippen LogP contribution in [0.3, 0.4) is 0 Å². The number of halogens is 5. The van der Waals surface area contributed by atoms with Crippen LogP contribution in [0.1, 0.15) is 18.4 Å². The fourth-order valence-corrected chi connectivity index (χ4v) is 4.78. The Bertz CT molecular complexity index is 1100. The predicted octanol–water partition coefficient (Wildman–Crippen LogP) is 3.83. The summed E-state index contributed by atoms with van der Waals surface area (Å²) in [4.78, 5) is 14.4. The fourth-order valence-electron chi connectivity index (χ4n) is 4.78. The SMILES string of the molecule is FC(F)Cn1ncc2ncc(NC3C[C@@H]4CN(c5cncc(C(F)(F)F)c5)C[C@@H]4C3)nc21. The van der Waals surface area contributed by atoms with Crippen LogP contribution in [0.4, 0.5) is 33.5 Å². The van der Waals surface area contributed by atoms with E-state index in [0.29, 0.717) is 47.6 Å². The van der Waals surface area contributed by atoms with Crippen molar-refractivity contribution in [2.75, 3.05) is 23.3 Å². The first-order chi connectivity index (χ1) is 15.3. The summed E-state index contributed by atoms with van der Waals surface area (Å²) >= 11 is 0. The quantitative estimate of drug-likeness (QED) is 0.592. The number of alkyl halides is 5. The van der Waals surface area contributed by atoms with Gasteiger partial charge in [0, 0.05) is 25.3 Å². The molecular weight excluding hydrogens is 433 g/mol. The lowest BCUT2D eigenvalue weighted by atomic mass is 10.0. The molecule has 0 radical (unpaired) electrons. The molecule has 3 atom stereocenters. The van der Waals surface area contributed by atoms with Crippen LogP contribution in [0.2, 0.25) is 0 Å². The van der Waals surface area contributed by atoms with E-state index < -0.39 is 24.7 Å². The lowest BCUT2D eigenvalue weighted by molar-refractivity contribution is -0.137. The van der Waals surface area contributed by atoms with Gasteiger partial charge in [-0.2, -0.15) is 18.3 Å². The first-order valence-corrected chi connectivity index (χ1v) is 10.3. The van der Waals surface area contributed by atoms with Crippen LogP contribution in [-0.4, -0.2) is 50.3 Å².